The van der Waals surface area contributed by atoms with Crippen LogP contribution in [0.5, 0.6) is 0 Å². The predicted molar refractivity (Wildman–Crippen MR) is 88.3 cm³/mol. The van der Waals surface area contributed by atoms with E-state index in [9.17, 15) is 0 Å². The number of aromatic nitrogens is 3. The van der Waals surface area contributed by atoms with Gasteiger partial charge in [-0.05, 0) is 36.4 Å². The molecule has 0 radical (unpaired) electrons. The second-order valence-corrected chi connectivity index (χ2v) is 4.94. The third kappa shape index (κ3) is 2.82. The molecule has 1 aromatic carbocycles. The third-order valence-electron chi connectivity index (χ3n) is 3.37. The van der Waals surface area contributed by atoms with E-state index in [0.29, 0.717) is 0 Å². The normalized spacial score (nSPS) is 11.3. The van der Waals surface area contributed by atoms with Crippen molar-refractivity contribution >= 4 is 17.5 Å². The van der Waals surface area contributed by atoms with Crippen molar-refractivity contribution in [1.82, 2.24) is 14.4 Å². The summed E-state index contributed by atoms with van der Waals surface area (Å²) in [5.74, 6) is 0.741. The first-order valence-corrected chi connectivity index (χ1v) is 7.10. The van der Waals surface area contributed by atoms with Gasteiger partial charge in [-0.15, -0.1) is 0 Å². The van der Waals surface area contributed by atoms with Crippen molar-refractivity contribution in [1.29, 1.82) is 0 Å². The monoisotopic (exact) mass is 303 g/mol. The van der Waals surface area contributed by atoms with Crippen molar-refractivity contribution in [3.05, 3.63) is 73.1 Å². The van der Waals surface area contributed by atoms with Crippen LogP contribution in [-0.4, -0.2) is 20.6 Å². The van der Waals surface area contributed by atoms with Gasteiger partial charge in [-0.25, -0.2) is 9.97 Å². The van der Waals surface area contributed by atoms with Crippen molar-refractivity contribution in [2.24, 2.45) is 5.10 Å². The van der Waals surface area contributed by atoms with Gasteiger partial charge in [0, 0.05) is 18.0 Å². The first kappa shape index (κ1) is 13.3. The largest absolute Gasteiger partial charge is 0.444 e. The maximum Gasteiger partial charge on any atom is 0.181 e. The van der Waals surface area contributed by atoms with E-state index in [0.717, 1.165) is 28.4 Å². The summed E-state index contributed by atoms with van der Waals surface area (Å²) in [6.45, 7) is 0. The zero-order valence-corrected chi connectivity index (χ0v) is 12.1. The van der Waals surface area contributed by atoms with Gasteiger partial charge in [-0.2, -0.15) is 5.10 Å². The number of hydrogen-bond donors (Lipinski definition) is 1. The fourth-order valence-corrected chi connectivity index (χ4v) is 2.26. The summed E-state index contributed by atoms with van der Waals surface area (Å²) >= 11 is 0. The van der Waals surface area contributed by atoms with Crippen LogP contribution in [0.3, 0.4) is 0 Å². The van der Waals surface area contributed by atoms with Gasteiger partial charge >= 0.3 is 0 Å². The van der Waals surface area contributed by atoms with Crippen LogP contribution in [0, 0.1) is 0 Å². The average Bonchev–Trinajstić information content (AvgIpc) is 3.25. The van der Waals surface area contributed by atoms with Crippen LogP contribution in [0.4, 0.5) is 5.69 Å². The lowest BCUT2D eigenvalue weighted by molar-refractivity contribution is 0.572. The van der Waals surface area contributed by atoms with Crippen LogP contribution in [0.1, 0.15) is 5.69 Å². The standard InChI is InChI=1S/C17H13N5O/c1-2-8-22-11-15(20-17(22)3-1)9-19-21-14-6-4-13(5-7-14)16-10-18-12-23-16/h1-12,21H/b19-9+. The maximum atomic E-state index is 5.26. The van der Waals surface area contributed by atoms with Crippen molar-refractivity contribution in [2.45, 2.75) is 0 Å². The number of imidazole rings is 1. The van der Waals surface area contributed by atoms with Gasteiger partial charge in [0.1, 0.15) is 11.3 Å². The smallest absolute Gasteiger partial charge is 0.181 e. The number of nitrogens with one attached hydrogen (secondary N) is 1. The molecule has 4 rings (SSSR count). The molecule has 23 heavy (non-hydrogen) atoms. The summed E-state index contributed by atoms with van der Waals surface area (Å²) in [5, 5.41) is 4.21. The van der Waals surface area contributed by atoms with Gasteiger partial charge in [0.25, 0.3) is 0 Å². The van der Waals surface area contributed by atoms with E-state index in [1.54, 1.807) is 12.4 Å². The number of nitrogens with zero attached hydrogens (tertiary/aromatic N) is 4. The molecule has 0 amide bonds. The number of fused-ring (bicyclic) bond motifs is 1. The summed E-state index contributed by atoms with van der Waals surface area (Å²) in [6.07, 6.45) is 8.67. The van der Waals surface area contributed by atoms with Gasteiger partial charge in [0.2, 0.25) is 0 Å². The van der Waals surface area contributed by atoms with E-state index in [-0.39, 0.29) is 0 Å². The molecule has 1 N–H and O–H groups in total. The molecule has 4 aromatic rings. The molecule has 0 saturated carbocycles. The second-order valence-electron chi connectivity index (χ2n) is 4.94. The van der Waals surface area contributed by atoms with E-state index in [2.05, 4.69) is 20.5 Å². The van der Waals surface area contributed by atoms with Crippen LogP contribution < -0.4 is 5.43 Å². The van der Waals surface area contributed by atoms with Crippen LogP contribution in [0.2, 0.25) is 0 Å². The number of anilines is 1. The van der Waals surface area contributed by atoms with Crippen molar-refractivity contribution in [2.75, 3.05) is 5.43 Å². The maximum absolute atomic E-state index is 5.26. The van der Waals surface area contributed by atoms with Crippen LogP contribution in [0.15, 0.2) is 77.0 Å². The van der Waals surface area contributed by atoms with Crippen LogP contribution in [0.25, 0.3) is 17.0 Å². The molecule has 3 aromatic heterocycles. The Balaban J connectivity index is 1.46. The summed E-state index contributed by atoms with van der Waals surface area (Å²) in [5.41, 5.74) is 6.52. The molecule has 3 heterocycles. The van der Waals surface area contributed by atoms with E-state index in [1.807, 2.05) is 59.3 Å². The van der Waals surface area contributed by atoms with Crippen molar-refractivity contribution in [3.63, 3.8) is 0 Å². The number of oxazole rings is 1. The molecular formula is C17H13N5O. The highest BCUT2D eigenvalue weighted by molar-refractivity contribution is 5.78. The lowest BCUT2D eigenvalue weighted by Gasteiger charge is -2.00. The van der Waals surface area contributed by atoms with Gasteiger partial charge in [-0.3, -0.25) is 5.43 Å². The van der Waals surface area contributed by atoms with Crippen molar-refractivity contribution < 1.29 is 4.42 Å². The molecule has 0 bridgehead atoms. The lowest BCUT2D eigenvalue weighted by atomic mass is 10.2. The Morgan fingerprint density at radius 1 is 1.13 bits per heavy atom. The highest BCUT2D eigenvalue weighted by atomic mass is 16.3. The molecule has 6 nitrogen and oxygen atoms in total. The van der Waals surface area contributed by atoms with Gasteiger partial charge in [0.15, 0.2) is 12.2 Å². The van der Waals surface area contributed by atoms with E-state index in [4.69, 9.17) is 4.42 Å². The Kier molecular flexibility index (Phi) is 3.32. The molecule has 0 saturated heterocycles. The summed E-state index contributed by atoms with van der Waals surface area (Å²) in [6, 6.07) is 13.6. The van der Waals surface area contributed by atoms with E-state index < -0.39 is 0 Å². The number of pyridine rings is 1. The minimum Gasteiger partial charge on any atom is -0.444 e. The number of rotatable bonds is 4. The summed E-state index contributed by atoms with van der Waals surface area (Å²) < 4.78 is 7.21. The molecule has 0 aliphatic heterocycles. The quantitative estimate of drug-likeness (QED) is 0.463. The van der Waals surface area contributed by atoms with Crippen LogP contribution >= 0.6 is 0 Å². The Bertz CT molecular complexity index is 906. The molecule has 0 fully saturated rings. The molecule has 6 heteroatoms. The Morgan fingerprint density at radius 3 is 2.83 bits per heavy atom. The zero-order chi connectivity index (χ0) is 15.5. The molecule has 0 aliphatic carbocycles. The molecule has 0 atom stereocenters. The summed E-state index contributed by atoms with van der Waals surface area (Å²) in [4.78, 5) is 8.35. The minimum atomic E-state index is 0.741. The molecule has 0 unspecified atom stereocenters. The first-order valence-electron chi connectivity index (χ1n) is 7.10. The van der Waals surface area contributed by atoms with Gasteiger partial charge < -0.3 is 8.82 Å². The molecule has 0 spiro atoms. The average molecular weight is 303 g/mol. The SMILES string of the molecule is C(=N\Nc1ccc(-c2cnco2)cc1)/c1cn2ccccc2n1. The predicted octanol–water partition coefficient (Wildman–Crippen LogP) is 3.44. The third-order valence-corrected chi connectivity index (χ3v) is 3.37. The van der Waals surface area contributed by atoms with E-state index in [1.165, 1.54) is 6.39 Å². The summed E-state index contributed by atoms with van der Waals surface area (Å²) in [7, 11) is 0. The Morgan fingerprint density at radius 2 is 2.04 bits per heavy atom. The van der Waals surface area contributed by atoms with Crippen molar-refractivity contribution in [3.8, 4) is 11.3 Å². The zero-order valence-electron chi connectivity index (χ0n) is 12.1. The Labute approximate surface area is 132 Å². The fraction of sp³-hybridized carbons (Fsp3) is 0. The topological polar surface area (TPSA) is 67.7 Å². The molecule has 0 aliphatic rings. The number of benzene rings is 1. The molecular weight excluding hydrogens is 290 g/mol. The first-order chi connectivity index (χ1) is 11.4. The van der Waals surface area contributed by atoms with Gasteiger partial charge in [0.05, 0.1) is 18.1 Å². The second kappa shape index (κ2) is 5.76. The van der Waals surface area contributed by atoms with Gasteiger partial charge in [-0.1, -0.05) is 6.07 Å². The number of hydrogen-bond acceptors (Lipinski definition) is 5. The molecule has 112 valence electrons. The lowest BCUT2D eigenvalue weighted by Crippen LogP contribution is -1.90. The fourth-order valence-electron chi connectivity index (χ4n) is 2.26. The number of hydrazone groups is 1. The Hall–Kier alpha value is -3.41. The highest BCUT2D eigenvalue weighted by Crippen LogP contribution is 2.20. The highest BCUT2D eigenvalue weighted by Gasteiger charge is 2.01. The van der Waals surface area contributed by atoms with E-state index >= 15 is 0 Å². The van der Waals surface area contributed by atoms with Crippen LogP contribution in [-0.2, 0) is 0 Å². The minimum absolute atomic E-state index is 0.741.